The largest absolute Gasteiger partial charge is 0.494 e. The maximum atomic E-state index is 13.4. The third kappa shape index (κ3) is 8.04. The molecule has 0 bridgehead atoms. The lowest BCUT2D eigenvalue weighted by Crippen LogP contribution is -2.41. The minimum Gasteiger partial charge on any atom is -0.494 e. The van der Waals surface area contributed by atoms with Crippen LogP contribution in [0.1, 0.15) is 24.5 Å². The Kier molecular flexibility index (Phi) is 10.0. The van der Waals surface area contributed by atoms with Gasteiger partial charge in [0.05, 0.1) is 17.2 Å². The second-order valence-electron chi connectivity index (χ2n) is 8.00. The number of nitrogens with one attached hydrogen (secondary N) is 1. The standard InChI is InChI=1S/C27H32N2O4S2/c1-3-33-25-13-15-26(16-14-25)35(31,32)29(24-11-5-4-6-12-24)20-27(30)28-17-8-18-34-21-23-10-7-9-22(2)19-23/h4-7,9-16,19H,3,8,17-18,20-21H2,1-2H3,(H,28,30). The van der Waals surface area contributed by atoms with E-state index >= 15 is 0 Å². The van der Waals surface area contributed by atoms with E-state index in [9.17, 15) is 13.2 Å². The number of carbonyl (C=O) groups excluding carboxylic acids is 1. The van der Waals surface area contributed by atoms with Gasteiger partial charge in [-0.3, -0.25) is 9.10 Å². The molecule has 3 rings (SSSR count). The fourth-order valence-electron chi connectivity index (χ4n) is 3.49. The van der Waals surface area contributed by atoms with Crippen molar-refractivity contribution in [2.45, 2.75) is 30.9 Å². The average molecular weight is 513 g/mol. The molecule has 0 radical (unpaired) electrons. The molecule has 186 valence electrons. The molecule has 3 aromatic carbocycles. The van der Waals surface area contributed by atoms with E-state index in [1.54, 1.807) is 42.5 Å². The Morgan fingerprint density at radius 1 is 1.00 bits per heavy atom. The van der Waals surface area contributed by atoms with Crippen LogP contribution in [0.25, 0.3) is 0 Å². The maximum absolute atomic E-state index is 13.4. The van der Waals surface area contributed by atoms with Gasteiger partial charge in [0.25, 0.3) is 10.0 Å². The zero-order chi connectivity index (χ0) is 25.1. The van der Waals surface area contributed by atoms with Gasteiger partial charge in [-0.15, -0.1) is 0 Å². The van der Waals surface area contributed by atoms with Gasteiger partial charge in [0.1, 0.15) is 12.3 Å². The van der Waals surface area contributed by atoms with Gasteiger partial charge in [-0.05, 0) is 68.0 Å². The van der Waals surface area contributed by atoms with Crippen molar-refractivity contribution in [1.82, 2.24) is 5.32 Å². The molecule has 0 aromatic heterocycles. The van der Waals surface area contributed by atoms with Gasteiger partial charge < -0.3 is 10.1 Å². The lowest BCUT2D eigenvalue weighted by molar-refractivity contribution is -0.119. The van der Waals surface area contributed by atoms with Crippen molar-refractivity contribution in [3.63, 3.8) is 0 Å². The van der Waals surface area contributed by atoms with E-state index in [1.165, 1.54) is 23.3 Å². The lowest BCUT2D eigenvalue weighted by Gasteiger charge is -2.24. The normalized spacial score (nSPS) is 11.1. The summed E-state index contributed by atoms with van der Waals surface area (Å²) < 4.78 is 33.4. The molecule has 0 atom stereocenters. The smallest absolute Gasteiger partial charge is 0.264 e. The minimum absolute atomic E-state index is 0.102. The summed E-state index contributed by atoms with van der Waals surface area (Å²) in [5.41, 5.74) is 2.97. The minimum atomic E-state index is -3.94. The number of rotatable bonds is 13. The SMILES string of the molecule is CCOc1ccc(S(=O)(=O)N(CC(=O)NCCCSCc2cccc(C)c2)c2ccccc2)cc1. The molecular weight excluding hydrogens is 480 g/mol. The van der Waals surface area contributed by atoms with Crippen LogP contribution in [0.4, 0.5) is 5.69 Å². The topological polar surface area (TPSA) is 75.7 Å². The van der Waals surface area contributed by atoms with E-state index < -0.39 is 10.0 Å². The number of para-hydroxylation sites is 1. The lowest BCUT2D eigenvalue weighted by atomic mass is 10.2. The molecule has 0 aliphatic heterocycles. The van der Waals surface area contributed by atoms with E-state index in [4.69, 9.17) is 4.74 Å². The summed E-state index contributed by atoms with van der Waals surface area (Å²) in [6.45, 7) is 4.63. The number of nitrogens with zero attached hydrogens (tertiary/aromatic N) is 1. The van der Waals surface area contributed by atoms with Crippen molar-refractivity contribution in [3.05, 3.63) is 90.0 Å². The highest BCUT2D eigenvalue weighted by Crippen LogP contribution is 2.25. The van der Waals surface area contributed by atoms with Crippen LogP contribution in [0.3, 0.4) is 0 Å². The van der Waals surface area contributed by atoms with E-state index in [2.05, 4.69) is 36.5 Å². The fourth-order valence-corrected chi connectivity index (χ4v) is 5.82. The number of anilines is 1. The van der Waals surface area contributed by atoms with Crippen LogP contribution in [0.15, 0.2) is 83.8 Å². The van der Waals surface area contributed by atoms with Crippen molar-refractivity contribution in [3.8, 4) is 5.75 Å². The Bertz CT molecular complexity index is 1180. The molecule has 1 N–H and O–H groups in total. The molecule has 3 aromatic rings. The molecule has 0 unspecified atom stereocenters. The van der Waals surface area contributed by atoms with Gasteiger partial charge in [-0.2, -0.15) is 11.8 Å². The number of sulfonamides is 1. The predicted octanol–water partition coefficient (Wildman–Crippen LogP) is 5.03. The number of hydrogen-bond acceptors (Lipinski definition) is 5. The molecule has 1 amide bonds. The molecule has 0 saturated carbocycles. The van der Waals surface area contributed by atoms with Gasteiger partial charge in [-0.25, -0.2) is 8.42 Å². The highest BCUT2D eigenvalue weighted by atomic mass is 32.2. The monoisotopic (exact) mass is 512 g/mol. The summed E-state index contributed by atoms with van der Waals surface area (Å²) >= 11 is 1.82. The first kappa shape index (κ1) is 26.6. The van der Waals surface area contributed by atoms with E-state index in [-0.39, 0.29) is 17.3 Å². The summed E-state index contributed by atoms with van der Waals surface area (Å²) in [7, 11) is -3.94. The third-order valence-electron chi connectivity index (χ3n) is 5.19. The molecule has 0 aliphatic carbocycles. The van der Waals surface area contributed by atoms with Gasteiger partial charge >= 0.3 is 0 Å². The van der Waals surface area contributed by atoms with Gasteiger partial charge in [0.2, 0.25) is 5.91 Å². The maximum Gasteiger partial charge on any atom is 0.264 e. The zero-order valence-corrected chi connectivity index (χ0v) is 21.8. The van der Waals surface area contributed by atoms with Crippen molar-refractivity contribution in [2.24, 2.45) is 0 Å². The summed E-state index contributed by atoms with van der Waals surface area (Å²) in [5, 5.41) is 2.86. The zero-order valence-electron chi connectivity index (χ0n) is 20.1. The van der Waals surface area contributed by atoms with Crippen LogP contribution in [0.2, 0.25) is 0 Å². The number of amides is 1. The molecule has 0 spiro atoms. The highest BCUT2D eigenvalue weighted by molar-refractivity contribution is 7.98. The molecular formula is C27H32N2O4S2. The molecule has 35 heavy (non-hydrogen) atoms. The Morgan fingerprint density at radius 3 is 2.43 bits per heavy atom. The van der Waals surface area contributed by atoms with Crippen LogP contribution in [0.5, 0.6) is 5.75 Å². The molecule has 0 fully saturated rings. The summed E-state index contributed by atoms with van der Waals surface area (Å²) in [5.74, 6) is 2.08. The highest BCUT2D eigenvalue weighted by Gasteiger charge is 2.27. The summed E-state index contributed by atoms with van der Waals surface area (Å²) in [6, 6.07) is 23.3. The van der Waals surface area contributed by atoms with Crippen LogP contribution >= 0.6 is 11.8 Å². The Hall–Kier alpha value is -2.97. The number of carbonyl (C=O) groups is 1. The number of aryl methyl sites for hydroxylation is 1. The second kappa shape index (κ2) is 13.2. The summed E-state index contributed by atoms with van der Waals surface area (Å²) in [6.07, 6.45) is 0.805. The summed E-state index contributed by atoms with van der Waals surface area (Å²) in [4.78, 5) is 12.8. The van der Waals surface area contributed by atoms with Crippen molar-refractivity contribution in [1.29, 1.82) is 0 Å². The average Bonchev–Trinajstić information content (AvgIpc) is 2.86. The number of thioether (sulfide) groups is 1. The molecule has 0 saturated heterocycles. The second-order valence-corrected chi connectivity index (χ2v) is 11.0. The van der Waals surface area contributed by atoms with E-state index in [0.29, 0.717) is 24.6 Å². The van der Waals surface area contributed by atoms with Gasteiger partial charge in [0.15, 0.2) is 0 Å². The first-order valence-corrected chi connectivity index (χ1v) is 14.2. The molecule has 6 nitrogen and oxygen atoms in total. The van der Waals surface area contributed by atoms with Crippen LogP contribution < -0.4 is 14.4 Å². The van der Waals surface area contributed by atoms with Gasteiger partial charge in [-0.1, -0.05) is 48.0 Å². The quantitative estimate of drug-likeness (QED) is 0.325. The number of ether oxygens (including phenoxy) is 1. The van der Waals surface area contributed by atoms with Crippen LogP contribution in [-0.4, -0.2) is 39.8 Å². The predicted molar refractivity (Wildman–Crippen MR) is 144 cm³/mol. The van der Waals surface area contributed by atoms with Crippen molar-refractivity contribution in [2.75, 3.05) is 29.8 Å². The molecule has 8 heteroatoms. The Labute approximate surface area is 212 Å². The Morgan fingerprint density at radius 2 is 1.74 bits per heavy atom. The van der Waals surface area contributed by atoms with Crippen molar-refractivity contribution < 1.29 is 17.9 Å². The molecule has 0 aliphatic rings. The first-order chi connectivity index (χ1) is 16.9. The van der Waals surface area contributed by atoms with Crippen LogP contribution in [0, 0.1) is 6.92 Å². The van der Waals surface area contributed by atoms with Crippen LogP contribution in [-0.2, 0) is 20.6 Å². The number of benzene rings is 3. The van der Waals surface area contributed by atoms with E-state index in [1.807, 2.05) is 18.7 Å². The fraction of sp³-hybridized carbons (Fsp3) is 0.296. The molecule has 0 heterocycles. The number of hydrogen-bond donors (Lipinski definition) is 1. The Balaban J connectivity index is 1.57. The van der Waals surface area contributed by atoms with Gasteiger partial charge in [0, 0.05) is 12.3 Å². The first-order valence-electron chi connectivity index (χ1n) is 11.6. The van der Waals surface area contributed by atoms with E-state index in [0.717, 1.165) is 22.2 Å². The third-order valence-corrected chi connectivity index (χ3v) is 8.10. The van der Waals surface area contributed by atoms with Crippen molar-refractivity contribution >= 4 is 33.4 Å².